The minimum atomic E-state index is -2.48. The molecular weight excluding hydrogens is 531 g/mol. The fraction of sp³-hybridized carbons (Fsp3) is 0.519. The maximum atomic E-state index is 15.8. The molecule has 4 atom stereocenters. The van der Waals surface area contributed by atoms with Crippen LogP contribution in [0.2, 0.25) is 5.02 Å². The second-order valence-corrected chi connectivity index (χ2v) is 19.9. The molecule has 36 heavy (non-hydrogen) atoms. The summed E-state index contributed by atoms with van der Waals surface area (Å²) in [5, 5.41) is 11.9. The van der Waals surface area contributed by atoms with Gasteiger partial charge in [-0.25, -0.2) is 4.21 Å². The summed E-state index contributed by atoms with van der Waals surface area (Å²) in [6.45, 7) is 7.65. The third-order valence-electron chi connectivity index (χ3n) is 8.59. The highest BCUT2D eigenvalue weighted by Crippen LogP contribution is 2.59. The molecule has 5 nitrogen and oxygen atoms in total. The quantitative estimate of drug-likeness (QED) is 0.274. The van der Waals surface area contributed by atoms with E-state index in [1.807, 2.05) is 6.07 Å². The molecule has 1 aromatic carbocycles. The fourth-order valence-corrected chi connectivity index (χ4v) is 17.8. The zero-order chi connectivity index (χ0) is 25.0. The molecule has 0 radical (unpaired) electrons. The predicted octanol–water partition coefficient (Wildman–Crippen LogP) is 5.73. The van der Waals surface area contributed by atoms with Gasteiger partial charge in [-0.15, -0.1) is 0 Å². The lowest BCUT2D eigenvalue weighted by Crippen LogP contribution is -2.55. The predicted molar refractivity (Wildman–Crippen MR) is 152 cm³/mol. The molecular formula is C27H32ClN2O3PS2. The van der Waals surface area contributed by atoms with E-state index in [2.05, 4.69) is 54.3 Å². The number of anilines is 1. The second-order valence-electron chi connectivity index (χ2n) is 11.6. The molecule has 4 bridgehead atoms. The highest BCUT2D eigenvalue weighted by Gasteiger charge is 2.59. The van der Waals surface area contributed by atoms with Crippen LogP contribution in [0.5, 0.6) is 5.75 Å². The number of halogens is 1. The van der Waals surface area contributed by atoms with E-state index in [1.54, 1.807) is 11.3 Å². The number of aliphatic hydroxyl groups excluding tert-OH is 1. The summed E-state index contributed by atoms with van der Waals surface area (Å²) in [7, 11) is -2.48. The normalized spacial score (nSPS) is 30.5. The zero-order valence-corrected chi connectivity index (χ0v) is 24.2. The minimum absolute atomic E-state index is 0.00452. The van der Waals surface area contributed by atoms with Crippen LogP contribution in [0.25, 0.3) is 5.57 Å². The third-order valence-corrected chi connectivity index (χ3v) is 19.4. The first-order chi connectivity index (χ1) is 17.2. The third kappa shape index (κ3) is 3.08. The van der Waals surface area contributed by atoms with Crippen molar-refractivity contribution in [2.45, 2.75) is 69.4 Å². The van der Waals surface area contributed by atoms with Gasteiger partial charge in [0.25, 0.3) is 0 Å². The Balaban J connectivity index is 1.62. The van der Waals surface area contributed by atoms with Gasteiger partial charge < -0.3 is 14.7 Å². The van der Waals surface area contributed by atoms with E-state index >= 15 is 4.21 Å². The molecule has 192 valence electrons. The Hall–Kier alpha value is -1.21. The number of ether oxygens (including phenoxy) is 1. The van der Waals surface area contributed by atoms with Crippen LogP contribution in [0.4, 0.5) is 5.69 Å². The molecule has 1 saturated carbocycles. The number of nitrogens with zero attached hydrogens (tertiary/aromatic N) is 2. The van der Waals surface area contributed by atoms with Gasteiger partial charge in [0, 0.05) is 29.2 Å². The number of benzene rings is 1. The van der Waals surface area contributed by atoms with Gasteiger partial charge in [-0.1, -0.05) is 29.3 Å². The number of rotatable bonds is 1. The van der Waals surface area contributed by atoms with Crippen LogP contribution in [0.3, 0.4) is 0 Å². The van der Waals surface area contributed by atoms with Crippen LogP contribution < -0.4 is 14.9 Å². The SMILES string of the molecule is CC(C)(C)S1(=O)=[P+]2[CH-]C=C(c3cc(Cl)cc4c3N(CCO4)[C@H]3CN1C1(CCC1)C3)c1[s+][c-](CO)cc12. The van der Waals surface area contributed by atoms with Crippen LogP contribution in [-0.4, -0.2) is 49.6 Å². The highest BCUT2D eigenvalue weighted by atomic mass is 35.5. The summed E-state index contributed by atoms with van der Waals surface area (Å²) >= 11 is 8.29. The van der Waals surface area contributed by atoms with Gasteiger partial charge in [0.1, 0.15) is 17.2 Å². The van der Waals surface area contributed by atoms with Crippen LogP contribution in [0.15, 0.2) is 24.3 Å². The van der Waals surface area contributed by atoms with Gasteiger partial charge in [0.2, 0.25) is 0 Å². The summed E-state index contributed by atoms with van der Waals surface area (Å²) in [5.41, 5.74) is 3.30. The summed E-state index contributed by atoms with van der Waals surface area (Å²) in [6.07, 6.45) is 8.92. The molecule has 8 rings (SSSR count). The number of aliphatic hydroxyl groups is 1. The highest BCUT2D eigenvalue weighted by molar-refractivity contribution is 8.32. The van der Waals surface area contributed by atoms with Crippen LogP contribution in [0.1, 0.15) is 61.8 Å². The van der Waals surface area contributed by atoms with E-state index in [-0.39, 0.29) is 18.2 Å². The van der Waals surface area contributed by atoms with Gasteiger partial charge in [0.15, 0.2) is 9.30 Å². The Labute approximate surface area is 223 Å². The Morgan fingerprint density at radius 3 is 2.89 bits per heavy atom. The van der Waals surface area contributed by atoms with Crippen molar-refractivity contribution in [2.75, 3.05) is 24.6 Å². The first kappa shape index (κ1) is 23.9. The lowest BCUT2D eigenvalue weighted by atomic mass is 9.75. The maximum Gasteiger partial charge on any atom is 0.159 e. The smallest absolute Gasteiger partial charge is 0.159 e. The molecule has 2 fully saturated rings. The molecule has 3 unspecified atom stereocenters. The Morgan fingerprint density at radius 2 is 2.19 bits per heavy atom. The maximum absolute atomic E-state index is 15.8. The molecule has 1 aliphatic carbocycles. The van der Waals surface area contributed by atoms with E-state index in [0.717, 1.165) is 70.0 Å². The van der Waals surface area contributed by atoms with Gasteiger partial charge >= 0.3 is 0 Å². The van der Waals surface area contributed by atoms with Crippen molar-refractivity contribution in [2.24, 2.45) is 0 Å². The van der Waals surface area contributed by atoms with E-state index in [4.69, 9.17) is 16.3 Å². The van der Waals surface area contributed by atoms with Crippen molar-refractivity contribution < 1.29 is 14.1 Å². The van der Waals surface area contributed by atoms with Gasteiger partial charge in [-0.2, -0.15) is 16.0 Å². The monoisotopic (exact) mass is 562 g/mol. The van der Waals surface area contributed by atoms with Gasteiger partial charge in [-0.05, 0) is 52.6 Å². The molecule has 1 saturated heterocycles. The van der Waals surface area contributed by atoms with Crippen molar-refractivity contribution >= 4 is 55.5 Å². The average molecular weight is 563 g/mol. The topological polar surface area (TPSA) is 53.0 Å². The second kappa shape index (κ2) is 7.91. The molecule has 1 N–H and O–H groups in total. The Morgan fingerprint density at radius 1 is 1.39 bits per heavy atom. The number of thiophene rings is 1. The van der Waals surface area contributed by atoms with Crippen molar-refractivity contribution in [1.82, 2.24) is 4.31 Å². The average Bonchev–Trinajstić information content (AvgIpc) is 3.43. The first-order valence-electron chi connectivity index (χ1n) is 12.8. The number of hydrogen-bond acceptors (Lipinski definition) is 4. The lowest BCUT2D eigenvalue weighted by molar-refractivity contribution is 0.130. The van der Waals surface area contributed by atoms with Crippen molar-refractivity contribution in [1.29, 1.82) is 0 Å². The fourth-order valence-electron chi connectivity index (χ4n) is 6.84. The molecule has 6 heterocycles. The molecule has 2 aromatic rings. The van der Waals surface area contributed by atoms with E-state index < -0.39 is 20.7 Å². The van der Waals surface area contributed by atoms with Crippen molar-refractivity contribution in [3.8, 4) is 5.75 Å². The number of hydrogen-bond donors (Lipinski definition) is 1. The van der Waals surface area contributed by atoms with Crippen LogP contribution in [-0.2, 0) is 15.9 Å². The first-order valence-corrected chi connectivity index (χ1v) is 17.5. The molecule has 5 aliphatic heterocycles. The van der Waals surface area contributed by atoms with E-state index in [9.17, 15) is 5.11 Å². The zero-order valence-electron chi connectivity index (χ0n) is 20.9. The van der Waals surface area contributed by atoms with Crippen LogP contribution >= 0.6 is 29.6 Å². The lowest BCUT2D eigenvalue weighted by Gasteiger charge is -2.48. The number of fused-ring (bicyclic) bond motifs is 1. The molecule has 6 aliphatic rings. The van der Waals surface area contributed by atoms with Crippen molar-refractivity contribution in [3.05, 3.63) is 50.8 Å². The Kier molecular flexibility index (Phi) is 5.24. The van der Waals surface area contributed by atoms with Gasteiger partial charge in [-0.3, -0.25) is 0 Å². The molecule has 0 amide bonds. The van der Waals surface area contributed by atoms with E-state index in [0.29, 0.717) is 11.6 Å². The van der Waals surface area contributed by atoms with Crippen molar-refractivity contribution in [3.63, 3.8) is 0 Å². The van der Waals surface area contributed by atoms with Crippen LogP contribution in [0, 0.1) is 6.16 Å². The molecule has 1 aromatic heterocycles. The summed E-state index contributed by atoms with van der Waals surface area (Å²) in [4.78, 5) is 4.59. The summed E-state index contributed by atoms with van der Waals surface area (Å²) < 4.78 is 24.1. The number of allylic oxidation sites excluding steroid dienone is 1. The minimum Gasteiger partial charge on any atom is -0.490 e. The molecule has 9 heteroatoms. The summed E-state index contributed by atoms with van der Waals surface area (Å²) in [6, 6.07) is 6.44. The molecule has 1 spiro atoms. The summed E-state index contributed by atoms with van der Waals surface area (Å²) in [5.74, 6) is 0.842. The van der Waals surface area contributed by atoms with E-state index in [1.165, 1.54) is 6.42 Å². The standard InChI is InChI=1S/C27H32ClN2O3PS2/c1-26(2,3)36(32)30-15-18(14-27(30)6-4-7-27)29-8-9-33-22-12-17(28)11-21(24(22)29)20-5-10-34(36)23-13-19(16-31)35-25(20)23/h5,10-13,18,31H,4,6-9,14-16H2,1-3H3/t18-,36?/m1/s1. The largest absolute Gasteiger partial charge is 0.490 e. The van der Waals surface area contributed by atoms with Gasteiger partial charge in [0.05, 0.1) is 51.8 Å². The Bertz CT molecular complexity index is 1450.